The van der Waals surface area contributed by atoms with Crippen LogP contribution < -0.4 is 10.4 Å². The molecule has 0 spiro atoms. The Morgan fingerprint density at radius 1 is 1.08 bits per heavy atom. The van der Waals surface area contributed by atoms with E-state index in [1.54, 1.807) is 26.2 Å². The Bertz CT molecular complexity index is 1110. The SMILES string of the molecule is Cn1c(=O)n(C)c2cc(S(=O)(=O)Nc3cc(C(C)(C)C)no3)ccc21. The molecule has 2 aromatic heterocycles. The van der Waals surface area contributed by atoms with Gasteiger partial charge in [0.2, 0.25) is 5.88 Å². The third-order valence-corrected chi connectivity index (χ3v) is 5.41. The molecule has 0 fully saturated rings. The minimum Gasteiger partial charge on any atom is -0.338 e. The summed E-state index contributed by atoms with van der Waals surface area (Å²) in [6.45, 7) is 5.85. The first-order chi connectivity index (χ1) is 11.5. The van der Waals surface area contributed by atoms with Gasteiger partial charge in [0.05, 0.1) is 21.6 Å². The van der Waals surface area contributed by atoms with Crippen molar-refractivity contribution in [3.63, 3.8) is 0 Å². The number of nitrogens with one attached hydrogen (secondary N) is 1. The van der Waals surface area contributed by atoms with E-state index in [0.29, 0.717) is 16.7 Å². The molecule has 0 aliphatic rings. The number of sulfonamides is 1. The average molecular weight is 364 g/mol. The fourth-order valence-corrected chi connectivity index (χ4v) is 3.51. The van der Waals surface area contributed by atoms with Gasteiger partial charge in [-0.1, -0.05) is 25.9 Å². The molecule has 0 aliphatic carbocycles. The Morgan fingerprint density at radius 2 is 1.72 bits per heavy atom. The molecule has 8 nitrogen and oxygen atoms in total. The van der Waals surface area contributed by atoms with Crippen molar-refractivity contribution in [2.45, 2.75) is 31.1 Å². The van der Waals surface area contributed by atoms with E-state index < -0.39 is 10.0 Å². The van der Waals surface area contributed by atoms with E-state index >= 15 is 0 Å². The molecule has 3 rings (SSSR count). The van der Waals surface area contributed by atoms with Gasteiger partial charge in [-0.05, 0) is 18.2 Å². The number of anilines is 1. The van der Waals surface area contributed by atoms with Crippen molar-refractivity contribution in [1.82, 2.24) is 14.3 Å². The Hall–Kier alpha value is -2.55. The molecule has 0 amide bonds. The maximum atomic E-state index is 12.6. The molecule has 2 heterocycles. The highest BCUT2D eigenvalue weighted by molar-refractivity contribution is 7.92. The van der Waals surface area contributed by atoms with Gasteiger partial charge in [-0.3, -0.25) is 9.13 Å². The van der Waals surface area contributed by atoms with Crippen molar-refractivity contribution in [2.24, 2.45) is 14.1 Å². The molecule has 1 N–H and O–H groups in total. The van der Waals surface area contributed by atoms with Crippen LogP contribution in [0.2, 0.25) is 0 Å². The second-order valence-electron chi connectivity index (χ2n) is 6.98. The lowest BCUT2D eigenvalue weighted by molar-refractivity contribution is 0.405. The number of aryl methyl sites for hydroxylation is 2. The Labute approximate surface area is 145 Å². The number of benzene rings is 1. The van der Waals surface area contributed by atoms with Crippen LogP contribution in [0.4, 0.5) is 5.88 Å². The first-order valence-electron chi connectivity index (χ1n) is 7.66. The molecule has 0 saturated carbocycles. The van der Waals surface area contributed by atoms with Gasteiger partial charge in [0.1, 0.15) is 0 Å². The van der Waals surface area contributed by atoms with Crippen molar-refractivity contribution in [2.75, 3.05) is 4.72 Å². The number of nitrogens with zero attached hydrogens (tertiary/aromatic N) is 3. The van der Waals surface area contributed by atoms with E-state index in [9.17, 15) is 13.2 Å². The first kappa shape index (κ1) is 17.3. The second kappa shape index (κ2) is 5.48. The molecule has 1 aromatic carbocycles. The normalized spacial score (nSPS) is 12.7. The minimum atomic E-state index is -3.87. The van der Waals surface area contributed by atoms with Crippen LogP contribution in [0, 0.1) is 0 Å². The molecule has 0 unspecified atom stereocenters. The largest absolute Gasteiger partial charge is 0.338 e. The number of aromatic nitrogens is 3. The third-order valence-electron chi connectivity index (χ3n) is 4.07. The standard InChI is InChI=1S/C16H20N4O4S/c1-16(2,3)13-9-14(24-17-13)18-25(22,23)10-6-7-11-12(8-10)20(5)15(21)19(11)4/h6-9,18H,1-5H3. The summed E-state index contributed by atoms with van der Waals surface area (Å²) in [4.78, 5) is 12.0. The molecule has 0 radical (unpaired) electrons. The Kier molecular flexibility index (Phi) is 3.79. The van der Waals surface area contributed by atoms with Gasteiger partial charge in [0.25, 0.3) is 10.0 Å². The molecule has 25 heavy (non-hydrogen) atoms. The number of fused-ring (bicyclic) bond motifs is 1. The quantitative estimate of drug-likeness (QED) is 0.766. The van der Waals surface area contributed by atoms with Gasteiger partial charge in [-0.25, -0.2) is 17.9 Å². The van der Waals surface area contributed by atoms with E-state index in [4.69, 9.17) is 4.52 Å². The van der Waals surface area contributed by atoms with Crippen LogP contribution in [0.15, 0.2) is 38.5 Å². The molecule has 0 bridgehead atoms. The summed E-state index contributed by atoms with van der Waals surface area (Å²) in [5.74, 6) is 0.0481. The van der Waals surface area contributed by atoms with Crippen LogP contribution in [0.1, 0.15) is 26.5 Å². The van der Waals surface area contributed by atoms with Crippen LogP contribution in [0.25, 0.3) is 11.0 Å². The predicted octanol–water partition coefficient (Wildman–Crippen LogP) is 1.96. The van der Waals surface area contributed by atoms with Crippen molar-refractivity contribution >= 4 is 26.9 Å². The summed E-state index contributed by atoms with van der Waals surface area (Å²) in [6.07, 6.45) is 0. The lowest BCUT2D eigenvalue weighted by Crippen LogP contribution is -2.19. The third kappa shape index (κ3) is 2.95. The second-order valence-corrected chi connectivity index (χ2v) is 8.67. The Balaban J connectivity index is 2.00. The van der Waals surface area contributed by atoms with E-state index in [2.05, 4.69) is 9.88 Å². The van der Waals surface area contributed by atoms with Crippen LogP contribution in [-0.2, 0) is 29.5 Å². The zero-order valence-corrected chi connectivity index (χ0v) is 15.5. The van der Waals surface area contributed by atoms with Crippen LogP contribution in [0.5, 0.6) is 0 Å². The highest BCUT2D eigenvalue weighted by atomic mass is 32.2. The zero-order chi connectivity index (χ0) is 18.6. The van der Waals surface area contributed by atoms with Gasteiger partial charge in [0, 0.05) is 25.6 Å². The lowest BCUT2D eigenvalue weighted by Gasteiger charge is -2.12. The predicted molar refractivity (Wildman–Crippen MR) is 94.2 cm³/mol. The topological polar surface area (TPSA) is 99.1 Å². The summed E-state index contributed by atoms with van der Waals surface area (Å²) in [5.41, 5.74) is 1.35. The summed E-state index contributed by atoms with van der Waals surface area (Å²) in [7, 11) is -0.629. The molecular weight excluding hydrogens is 344 g/mol. The molecule has 134 valence electrons. The highest BCUT2D eigenvalue weighted by Crippen LogP contribution is 2.26. The molecule has 0 atom stereocenters. The van der Waals surface area contributed by atoms with Crippen LogP contribution in [-0.4, -0.2) is 22.7 Å². The number of hydrogen-bond acceptors (Lipinski definition) is 5. The number of hydrogen-bond donors (Lipinski definition) is 1. The van der Waals surface area contributed by atoms with E-state index in [1.165, 1.54) is 21.3 Å². The highest BCUT2D eigenvalue weighted by Gasteiger charge is 2.23. The van der Waals surface area contributed by atoms with Gasteiger partial charge in [-0.2, -0.15) is 0 Å². The van der Waals surface area contributed by atoms with Crippen molar-refractivity contribution in [3.05, 3.63) is 40.4 Å². The molecule has 9 heteroatoms. The fraction of sp³-hybridized carbons (Fsp3) is 0.375. The van der Waals surface area contributed by atoms with Crippen molar-refractivity contribution in [3.8, 4) is 0 Å². The van der Waals surface area contributed by atoms with Gasteiger partial charge in [-0.15, -0.1) is 0 Å². The van der Waals surface area contributed by atoms with Crippen molar-refractivity contribution < 1.29 is 12.9 Å². The van der Waals surface area contributed by atoms with E-state index in [-0.39, 0.29) is 21.9 Å². The average Bonchev–Trinajstić information content (AvgIpc) is 3.07. The Morgan fingerprint density at radius 3 is 2.32 bits per heavy atom. The number of rotatable bonds is 3. The van der Waals surface area contributed by atoms with Crippen molar-refractivity contribution in [1.29, 1.82) is 0 Å². The molecular formula is C16H20N4O4S. The maximum Gasteiger partial charge on any atom is 0.328 e. The van der Waals surface area contributed by atoms with Crippen LogP contribution in [0.3, 0.4) is 0 Å². The zero-order valence-electron chi connectivity index (χ0n) is 14.7. The summed E-state index contributed by atoms with van der Waals surface area (Å²) >= 11 is 0. The van der Waals surface area contributed by atoms with E-state index in [1.807, 2.05) is 20.8 Å². The summed E-state index contributed by atoms with van der Waals surface area (Å²) < 4.78 is 35.6. The van der Waals surface area contributed by atoms with Gasteiger partial charge >= 0.3 is 5.69 Å². The number of imidazole rings is 1. The molecule has 3 aromatic rings. The molecule has 0 saturated heterocycles. The van der Waals surface area contributed by atoms with Gasteiger partial charge < -0.3 is 4.52 Å². The fourth-order valence-electron chi connectivity index (χ4n) is 2.52. The minimum absolute atomic E-state index is 0.0370. The monoisotopic (exact) mass is 364 g/mol. The summed E-state index contributed by atoms with van der Waals surface area (Å²) in [6, 6.07) is 6.08. The smallest absolute Gasteiger partial charge is 0.328 e. The van der Waals surface area contributed by atoms with Crippen LogP contribution >= 0.6 is 0 Å². The molecule has 0 aliphatic heterocycles. The maximum absolute atomic E-state index is 12.6. The van der Waals surface area contributed by atoms with E-state index in [0.717, 1.165) is 0 Å². The van der Waals surface area contributed by atoms with Gasteiger partial charge in [0.15, 0.2) is 0 Å². The lowest BCUT2D eigenvalue weighted by atomic mass is 9.92. The summed E-state index contributed by atoms with van der Waals surface area (Å²) in [5, 5.41) is 3.89. The first-order valence-corrected chi connectivity index (χ1v) is 9.14.